The molecule has 17 heavy (non-hydrogen) atoms. The molecule has 1 aromatic carbocycles. The van der Waals surface area contributed by atoms with Crippen LogP contribution in [0.2, 0.25) is 0 Å². The van der Waals surface area contributed by atoms with Crippen molar-refractivity contribution in [3.05, 3.63) is 23.7 Å². The van der Waals surface area contributed by atoms with E-state index in [-0.39, 0.29) is 0 Å². The van der Waals surface area contributed by atoms with Gasteiger partial charge in [0.1, 0.15) is 5.84 Å². The van der Waals surface area contributed by atoms with E-state index in [2.05, 4.69) is 16.0 Å². The van der Waals surface area contributed by atoms with Crippen LogP contribution in [0.25, 0.3) is 10.2 Å². The SMILES string of the molecule is NC(=Nc1ccc2ncsc2c1)C1CCCC1. The van der Waals surface area contributed by atoms with E-state index in [1.807, 2.05) is 17.6 Å². The highest BCUT2D eigenvalue weighted by Gasteiger charge is 2.18. The van der Waals surface area contributed by atoms with Crippen molar-refractivity contribution in [1.82, 2.24) is 4.98 Å². The summed E-state index contributed by atoms with van der Waals surface area (Å²) in [6.45, 7) is 0. The predicted octanol–water partition coefficient (Wildman–Crippen LogP) is 3.48. The number of rotatable bonds is 2. The van der Waals surface area contributed by atoms with Gasteiger partial charge in [-0.2, -0.15) is 0 Å². The van der Waals surface area contributed by atoms with Gasteiger partial charge in [-0.1, -0.05) is 12.8 Å². The number of nitrogens with two attached hydrogens (primary N) is 1. The van der Waals surface area contributed by atoms with Crippen molar-refractivity contribution in [3.63, 3.8) is 0 Å². The van der Waals surface area contributed by atoms with Crippen LogP contribution >= 0.6 is 11.3 Å². The molecule has 4 heteroatoms. The smallest absolute Gasteiger partial charge is 0.103 e. The van der Waals surface area contributed by atoms with Crippen LogP contribution in [-0.4, -0.2) is 10.8 Å². The third-order valence-electron chi connectivity index (χ3n) is 3.35. The van der Waals surface area contributed by atoms with Gasteiger partial charge in [-0.25, -0.2) is 9.98 Å². The van der Waals surface area contributed by atoms with Crippen LogP contribution < -0.4 is 5.73 Å². The lowest BCUT2D eigenvalue weighted by atomic mass is 10.1. The molecule has 0 bridgehead atoms. The Kier molecular flexibility index (Phi) is 2.81. The van der Waals surface area contributed by atoms with Crippen molar-refractivity contribution in [1.29, 1.82) is 0 Å². The molecule has 2 N–H and O–H groups in total. The van der Waals surface area contributed by atoms with E-state index in [4.69, 9.17) is 5.73 Å². The molecule has 1 saturated carbocycles. The van der Waals surface area contributed by atoms with Gasteiger partial charge < -0.3 is 5.73 Å². The van der Waals surface area contributed by atoms with E-state index < -0.39 is 0 Å². The maximum Gasteiger partial charge on any atom is 0.103 e. The largest absolute Gasteiger partial charge is 0.387 e. The summed E-state index contributed by atoms with van der Waals surface area (Å²) in [7, 11) is 0. The van der Waals surface area contributed by atoms with E-state index in [1.54, 1.807) is 11.3 Å². The Balaban J connectivity index is 1.89. The molecule has 0 spiro atoms. The fourth-order valence-electron chi connectivity index (χ4n) is 2.38. The molecule has 0 radical (unpaired) electrons. The number of hydrogen-bond acceptors (Lipinski definition) is 3. The van der Waals surface area contributed by atoms with Crippen LogP contribution in [-0.2, 0) is 0 Å². The van der Waals surface area contributed by atoms with E-state index >= 15 is 0 Å². The molecule has 1 aliphatic carbocycles. The van der Waals surface area contributed by atoms with Crippen LogP contribution in [0.1, 0.15) is 25.7 Å². The van der Waals surface area contributed by atoms with Gasteiger partial charge in [0.15, 0.2) is 0 Å². The molecule has 3 nitrogen and oxygen atoms in total. The summed E-state index contributed by atoms with van der Waals surface area (Å²) in [5, 5.41) is 0. The van der Waals surface area contributed by atoms with Gasteiger partial charge in [0.25, 0.3) is 0 Å². The lowest BCUT2D eigenvalue weighted by molar-refractivity contribution is 0.722. The molecule has 2 aromatic rings. The van der Waals surface area contributed by atoms with Crippen molar-refractivity contribution >= 4 is 33.1 Å². The number of benzene rings is 1. The molecule has 3 rings (SSSR count). The second-order valence-corrected chi connectivity index (χ2v) is 5.41. The Morgan fingerprint density at radius 2 is 2.18 bits per heavy atom. The average Bonchev–Trinajstić information content (AvgIpc) is 2.99. The summed E-state index contributed by atoms with van der Waals surface area (Å²) in [6.07, 6.45) is 4.96. The minimum absolute atomic E-state index is 0.493. The number of amidine groups is 1. The zero-order valence-electron chi connectivity index (χ0n) is 9.60. The highest BCUT2D eigenvalue weighted by molar-refractivity contribution is 7.16. The molecule has 0 saturated heterocycles. The molecule has 1 aromatic heterocycles. The molecular weight excluding hydrogens is 230 g/mol. The minimum atomic E-state index is 0.493. The van der Waals surface area contributed by atoms with E-state index in [0.717, 1.165) is 17.0 Å². The molecular formula is C13H15N3S. The first-order chi connectivity index (χ1) is 8.33. The monoisotopic (exact) mass is 245 g/mol. The van der Waals surface area contributed by atoms with Crippen LogP contribution in [0.5, 0.6) is 0 Å². The quantitative estimate of drug-likeness (QED) is 0.650. The van der Waals surface area contributed by atoms with Gasteiger partial charge >= 0.3 is 0 Å². The van der Waals surface area contributed by atoms with E-state index in [1.165, 1.54) is 30.4 Å². The third-order valence-corrected chi connectivity index (χ3v) is 4.14. The number of nitrogens with zero attached hydrogens (tertiary/aromatic N) is 2. The van der Waals surface area contributed by atoms with Crippen molar-refractivity contribution in [2.24, 2.45) is 16.6 Å². The Morgan fingerprint density at radius 3 is 3.00 bits per heavy atom. The van der Waals surface area contributed by atoms with Gasteiger partial charge in [-0.3, -0.25) is 0 Å². The Bertz CT molecular complexity index is 553. The molecule has 0 unspecified atom stereocenters. The van der Waals surface area contributed by atoms with Crippen molar-refractivity contribution in [3.8, 4) is 0 Å². The highest BCUT2D eigenvalue weighted by atomic mass is 32.1. The summed E-state index contributed by atoms with van der Waals surface area (Å²) >= 11 is 1.64. The number of thiazole rings is 1. The van der Waals surface area contributed by atoms with Crippen molar-refractivity contribution < 1.29 is 0 Å². The topological polar surface area (TPSA) is 51.3 Å². The summed E-state index contributed by atoms with van der Waals surface area (Å²) in [4.78, 5) is 8.80. The lowest BCUT2D eigenvalue weighted by Gasteiger charge is -2.07. The molecule has 1 fully saturated rings. The molecule has 0 atom stereocenters. The van der Waals surface area contributed by atoms with E-state index in [0.29, 0.717) is 5.92 Å². The molecule has 0 amide bonds. The second-order valence-electron chi connectivity index (χ2n) is 4.52. The van der Waals surface area contributed by atoms with Crippen LogP contribution in [0.3, 0.4) is 0 Å². The zero-order chi connectivity index (χ0) is 11.7. The van der Waals surface area contributed by atoms with Crippen molar-refractivity contribution in [2.75, 3.05) is 0 Å². The van der Waals surface area contributed by atoms with Crippen LogP contribution in [0.15, 0.2) is 28.7 Å². The molecule has 88 valence electrons. The average molecular weight is 245 g/mol. The van der Waals surface area contributed by atoms with Crippen molar-refractivity contribution in [2.45, 2.75) is 25.7 Å². The highest BCUT2D eigenvalue weighted by Crippen LogP contribution is 2.27. The van der Waals surface area contributed by atoms with E-state index in [9.17, 15) is 0 Å². The fourth-order valence-corrected chi connectivity index (χ4v) is 3.09. The summed E-state index contributed by atoms with van der Waals surface area (Å²) in [6, 6.07) is 6.06. The standard InChI is InChI=1S/C13H15N3S/c14-13(9-3-1-2-4-9)16-10-5-6-11-12(7-10)17-8-15-11/h5-9H,1-4H2,(H2,14,16). The van der Waals surface area contributed by atoms with Gasteiger partial charge in [0, 0.05) is 5.92 Å². The Morgan fingerprint density at radius 1 is 1.35 bits per heavy atom. The summed E-state index contributed by atoms with van der Waals surface area (Å²) in [5.41, 5.74) is 9.91. The van der Waals surface area contributed by atoms with Gasteiger partial charge in [0.2, 0.25) is 0 Å². The molecule has 0 aliphatic heterocycles. The molecule has 1 heterocycles. The summed E-state index contributed by atoms with van der Waals surface area (Å²) < 4.78 is 1.17. The van der Waals surface area contributed by atoms with Gasteiger partial charge in [0.05, 0.1) is 21.4 Å². The number of fused-ring (bicyclic) bond motifs is 1. The third kappa shape index (κ3) is 2.17. The van der Waals surface area contributed by atoms with Crippen LogP contribution in [0, 0.1) is 5.92 Å². The number of aliphatic imine (C=N–C) groups is 1. The van der Waals surface area contributed by atoms with Gasteiger partial charge in [-0.15, -0.1) is 11.3 Å². The maximum absolute atomic E-state index is 6.07. The van der Waals surface area contributed by atoms with Crippen LogP contribution in [0.4, 0.5) is 5.69 Å². The lowest BCUT2D eigenvalue weighted by Crippen LogP contribution is -2.20. The predicted molar refractivity (Wildman–Crippen MR) is 72.9 cm³/mol. The summed E-state index contributed by atoms with van der Waals surface area (Å²) in [5.74, 6) is 1.29. The molecule has 1 aliphatic rings. The number of hydrogen-bond donors (Lipinski definition) is 1. The Hall–Kier alpha value is -1.42. The first kappa shape index (κ1) is 10.7. The minimum Gasteiger partial charge on any atom is -0.387 e. The fraction of sp³-hybridized carbons (Fsp3) is 0.385. The second kappa shape index (κ2) is 4.45. The maximum atomic E-state index is 6.07. The normalized spacial score (nSPS) is 18.0. The zero-order valence-corrected chi connectivity index (χ0v) is 10.4. The first-order valence-electron chi connectivity index (χ1n) is 6.00. The first-order valence-corrected chi connectivity index (χ1v) is 6.88. The van der Waals surface area contributed by atoms with Gasteiger partial charge in [-0.05, 0) is 31.0 Å². The Labute approximate surface area is 104 Å². The number of aromatic nitrogens is 1.